The maximum absolute atomic E-state index is 11.5. The highest BCUT2D eigenvalue weighted by Crippen LogP contribution is 2.47. The first kappa shape index (κ1) is 26.9. The van der Waals surface area contributed by atoms with E-state index in [4.69, 9.17) is 24.8 Å². The number of ether oxygens (including phenoxy) is 2. The van der Waals surface area contributed by atoms with Crippen LogP contribution in [0, 0.1) is 0 Å². The first-order valence-electron chi connectivity index (χ1n) is 8.67. The Morgan fingerprint density at radius 1 is 0.812 bits per heavy atom. The van der Waals surface area contributed by atoms with Crippen LogP contribution in [-0.2, 0) is 24.0 Å². The van der Waals surface area contributed by atoms with Crippen molar-refractivity contribution in [3.05, 3.63) is 23.8 Å². The molecule has 0 radical (unpaired) electrons. The molecule has 0 aromatic heterocycles. The molecule has 0 spiro atoms. The van der Waals surface area contributed by atoms with E-state index >= 15 is 0 Å². The Kier molecular flexibility index (Phi) is 10.6. The van der Waals surface area contributed by atoms with Crippen molar-refractivity contribution in [1.82, 2.24) is 0 Å². The number of hydrogen-bond acceptors (Lipinski definition) is 9. The standard InChI is InChI=1S/C18H20O12S2/c1-29-10-4-8(2-3-9(10)30-7-15(23)24)18(31-11(16(25)26)5-13(19)20)32-12(17(27)28)6-14(21)22/h2-4,11-12,18H,5-7H2,1H3,(H,19,20)(H,21,22)(H,23,24)(H,25,26)(H,27,28). The second-order valence-electron chi connectivity index (χ2n) is 6.05. The maximum atomic E-state index is 11.5. The fraction of sp³-hybridized carbons (Fsp3) is 0.389. The van der Waals surface area contributed by atoms with Crippen molar-refractivity contribution >= 4 is 53.4 Å². The second kappa shape index (κ2) is 12.7. The molecular weight excluding hydrogens is 472 g/mol. The number of aliphatic carboxylic acids is 5. The molecule has 0 aliphatic heterocycles. The van der Waals surface area contributed by atoms with Gasteiger partial charge in [-0.25, -0.2) is 4.79 Å². The smallest absolute Gasteiger partial charge is 0.341 e. The number of hydrogen-bond donors (Lipinski definition) is 5. The highest BCUT2D eigenvalue weighted by molar-refractivity contribution is 8.17. The topological polar surface area (TPSA) is 205 Å². The van der Waals surface area contributed by atoms with Crippen LogP contribution in [0.3, 0.4) is 0 Å². The van der Waals surface area contributed by atoms with Gasteiger partial charge in [-0.05, 0) is 17.7 Å². The molecule has 1 rings (SSSR count). The summed E-state index contributed by atoms with van der Waals surface area (Å²) in [6, 6.07) is 4.07. The van der Waals surface area contributed by atoms with E-state index in [1.807, 2.05) is 0 Å². The van der Waals surface area contributed by atoms with E-state index in [1.165, 1.54) is 25.3 Å². The minimum Gasteiger partial charge on any atom is -0.493 e. The Labute approximate surface area is 189 Å². The van der Waals surface area contributed by atoms with Crippen LogP contribution in [0.15, 0.2) is 18.2 Å². The summed E-state index contributed by atoms with van der Waals surface area (Å²) < 4.78 is 9.22. The van der Waals surface area contributed by atoms with Gasteiger partial charge in [-0.3, -0.25) is 19.2 Å². The zero-order valence-corrected chi connectivity index (χ0v) is 18.1. The lowest BCUT2D eigenvalue weighted by atomic mass is 10.2. The second-order valence-corrected chi connectivity index (χ2v) is 8.97. The molecule has 0 bridgehead atoms. The lowest BCUT2D eigenvalue weighted by Crippen LogP contribution is -2.24. The van der Waals surface area contributed by atoms with Gasteiger partial charge in [0.1, 0.15) is 10.5 Å². The van der Waals surface area contributed by atoms with Crippen LogP contribution < -0.4 is 9.47 Å². The SMILES string of the molecule is COc1cc(C(SC(CC(=O)O)C(=O)O)SC(CC(=O)O)C(=O)O)ccc1OCC(=O)O. The molecule has 32 heavy (non-hydrogen) atoms. The number of carbonyl (C=O) groups is 5. The average molecular weight is 492 g/mol. The minimum atomic E-state index is -1.46. The number of rotatable bonds is 15. The van der Waals surface area contributed by atoms with Gasteiger partial charge in [0.05, 0.1) is 24.5 Å². The van der Waals surface area contributed by atoms with E-state index in [-0.39, 0.29) is 17.1 Å². The lowest BCUT2D eigenvalue weighted by Gasteiger charge is -2.23. The van der Waals surface area contributed by atoms with Crippen LogP contribution in [0.1, 0.15) is 23.0 Å². The Balaban J connectivity index is 3.35. The average Bonchev–Trinajstić information content (AvgIpc) is 2.69. The van der Waals surface area contributed by atoms with Gasteiger partial charge in [-0.15, -0.1) is 23.5 Å². The van der Waals surface area contributed by atoms with Crippen molar-refractivity contribution in [3.8, 4) is 11.5 Å². The first-order chi connectivity index (χ1) is 14.9. The van der Waals surface area contributed by atoms with Crippen molar-refractivity contribution in [2.75, 3.05) is 13.7 Å². The van der Waals surface area contributed by atoms with Crippen molar-refractivity contribution in [2.45, 2.75) is 27.9 Å². The highest BCUT2D eigenvalue weighted by atomic mass is 32.2. The molecule has 0 saturated heterocycles. The molecule has 0 aliphatic carbocycles. The number of methoxy groups -OCH3 is 1. The van der Waals surface area contributed by atoms with Crippen molar-refractivity contribution in [1.29, 1.82) is 0 Å². The van der Waals surface area contributed by atoms with Crippen LogP contribution in [0.5, 0.6) is 11.5 Å². The molecule has 0 heterocycles. The van der Waals surface area contributed by atoms with Crippen molar-refractivity contribution < 1.29 is 59.0 Å². The van der Waals surface area contributed by atoms with Gasteiger partial charge < -0.3 is 35.0 Å². The van der Waals surface area contributed by atoms with E-state index in [2.05, 4.69) is 0 Å². The lowest BCUT2D eigenvalue weighted by molar-refractivity contribution is -0.143. The molecule has 0 fully saturated rings. The van der Waals surface area contributed by atoms with Gasteiger partial charge in [0.25, 0.3) is 0 Å². The Hall–Kier alpha value is -3.13. The quantitative estimate of drug-likeness (QED) is 0.220. The van der Waals surface area contributed by atoms with Gasteiger partial charge in [-0.1, -0.05) is 6.07 Å². The highest BCUT2D eigenvalue weighted by Gasteiger charge is 2.32. The van der Waals surface area contributed by atoms with Crippen LogP contribution in [-0.4, -0.2) is 79.6 Å². The summed E-state index contributed by atoms with van der Waals surface area (Å²) in [4.78, 5) is 55.8. The molecule has 2 unspecified atom stereocenters. The van der Waals surface area contributed by atoms with E-state index in [1.54, 1.807) is 0 Å². The normalized spacial score (nSPS) is 13.4. The summed E-state index contributed by atoms with van der Waals surface area (Å²) in [5, 5.41) is 42.5. The molecule has 0 amide bonds. The van der Waals surface area contributed by atoms with Crippen LogP contribution >= 0.6 is 23.5 Å². The molecule has 2 atom stereocenters. The zero-order chi connectivity index (χ0) is 24.4. The molecule has 0 saturated carbocycles. The largest absolute Gasteiger partial charge is 0.493 e. The fourth-order valence-electron chi connectivity index (χ4n) is 2.28. The third-order valence-electron chi connectivity index (χ3n) is 3.66. The predicted molar refractivity (Wildman–Crippen MR) is 111 cm³/mol. The predicted octanol–water partition coefficient (Wildman–Crippen LogP) is 1.48. The number of carboxylic acid groups (broad SMARTS) is 5. The summed E-state index contributed by atoms with van der Waals surface area (Å²) in [7, 11) is 1.26. The van der Waals surface area contributed by atoms with E-state index in [0.717, 1.165) is 0 Å². The third kappa shape index (κ3) is 8.93. The molecule has 12 nitrogen and oxygen atoms in total. The Morgan fingerprint density at radius 3 is 1.69 bits per heavy atom. The number of carboxylic acids is 5. The summed E-state index contributed by atoms with van der Waals surface area (Å²) >= 11 is 1.26. The molecule has 1 aromatic rings. The molecular formula is C18H20O12S2. The first-order valence-corrected chi connectivity index (χ1v) is 10.6. The van der Waals surface area contributed by atoms with Crippen molar-refractivity contribution in [2.24, 2.45) is 0 Å². The summed E-state index contributed by atoms with van der Waals surface area (Å²) in [6.07, 6.45) is -1.52. The van der Waals surface area contributed by atoms with E-state index in [0.29, 0.717) is 23.5 Å². The van der Waals surface area contributed by atoms with E-state index in [9.17, 15) is 34.2 Å². The van der Waals surface area contributed by atoms with Crippen molar-refractivity contribution in [3.63, 3.8) is 0 Å². The zero-order valence-electron chi connectivity index (χ0n) is 16.5. The monoisotopic (exact) mass is 492 g/mol. The van der Waals surface area contributed by atoms with Gasteiger partial charge in [0.15, 0.2) is 18.1 Å². The van der Waals surface area contributed by atoms with Gasteiger partial charge in [0, 0.05) is 0 Å². The summed E-state index contributed by atoms with van der Waals surface area (Å²) in [6.45, 7) is -0.665. The number of thioether (sulfide) groups is 2. The van der Waals surface area contributed by atoms with Gasteiger partial charge >= 0.3 is 29.8 Å². The van der Waals surface area contributed by atoms with Crippen LogP contribution in [0.4, 0.5) is 0 Å². The van der Waals surface area contributed by atoms with Crippen LogP contribution in [0.2, 0.25) is 0 Å². The molecule has 5 N–H and O–H groups in total. The maximum Gasteiger partial charge on any atom is 0.341 e. The Bertz CT molecular complexity index is 836. The summed E-state index contributed by atoms with van der Waals surface area (Å²) in [5.74, 6) is -6.79. The Morgan fingerprint density at radius 2 is 1.31 bits per heavy atom. The molecule has 1 aromatic carbocycles. The molecule has 14 heteroatoms. The number of benzene rings is 1. The fourth-order valence-corrected chi connectivity index (χ4v) is 5.26. The van der Waals surface area contributed by atoms with Gasteiger partial charge in [-0.2, -0.15) is 0 Å². The minimum absolute atomic E-state index is 0.0491. The molecule has 176 valence electrons. The summed E-state index contributed by atoms with van der Waals surface area (Å²) in [5.41, 5.74) is 0.285. The van der Waals surface area contributed by atoms with Gasteiger partial charge in [0.2, 0.25) is 0 Å². The molecule has 0 aliphatic rings. The third-order valence-corrected chi connectivity index (χ3v) is 6.76. The van der Waals surface area contributed by atoms with E-state index < -0.39 is 64.4 Å². The van der Waals surface area contributed by atoms with Crippen LogP contribution in [0.25, 0.3) is 0 Å².